The molecule has 0 spiro atoms. The van der Waals surface area contributed by atoms with E-state index in [-0.39, 0.29) is 11.3 Å². The van der Waals surface area contributed by atoms with Crippen molar-refractivity contribution >= 4 is 16.0 Å². The Morgan fingerprint density at radius 1 is 1.44 bits per heavy atom. The average molecular weight is 267 g/mol. The molecule has 0 amide bonds. The van der Waals surface area contributed by atoms with Crippen LogP contribution in [0.15, 0.2) is 29.2 Å². The number of carboxylic acids is 1. The normalized spacial score (nSPS) is 12.7. The van der Waals surface area contributed by atoms with Crippen molar-refractivity contribution in [2.75, 3.05) is 0 Å². The van der Waals surface area contributed by atoms with Gasteiger partial charge < -0.3 is 5.11 Å². The molecule has 0 bridgehead atoms. The first-order chi connectivity index (χ1) is 8.36. The molecule has 1 unspecified atom stereocenters. The highest BCUT2D eigenvalue weighted by Crippen LogP contribution is 2.11. The summed E-state index contributed by atoms with van der Waals surface area (Å²) >= 11 is 0. The zero-order valence-electron chi connectivity index (χ0n) is 9.75. The maximum Gasteiger partial charge on any atom is 0.322 e. The van der Waals surface area contributed by atoms with Gasteiger partial charge in [-0.15, -0.1) is 12.3 Å². The minimum atomic E-state index is -3.87. The average Bonchev–Trinajstić information content (AvgIpc) is 2.28. The van der Waals surface area contributed by atoms with Gasteiger partial charge in [0.05, 0.1) is 4.90 Å². The van der Waals surface area contributed by atoms with Crippen molar-refractivity contribution < 1.29 is 18.3 Å². The molecule has 1 rings (SSSR count). The highest BCUT2D eigenvalue weighted by atomic mass is 32.2. The molecule has 18 heavy (non-hydrogen) atoms. The fourth-order valence-corrected chi connectivity index (χ4v) is 2.46. The summed E-state index contributed by atoms with van der Waals surface area (Å²) in [5.41, 5.74) is 0.910. The summed E-state index contributed by atoms with van der Waals surface area (Å²) in [6.07, 6.45) is 4.79. The number of hydrogen-bond acceptors (Lipinski definition) is 3. The molecule has 1 aromatic carbocycles. The smallest absolute Gasteiger partial charge is 0.322 e. The largest absolute Gasteiger partial charge is 0.480 e. The zero-order chi connectivity index (χ0) is 13.8. The van der Waals surface area contributed by atoms with E-state index in [0.29, 0.717) is 0 Å². The number of carbonyl (C=O) groups is 1. The van der Waals surface area contributed by atoms with Gasteiger partial charge in [0.2, 0.25) is 10.0 Å². The molecule has 0 aromatic heterocycles. The molecule has 0 fully saturated rings. The van der Waals surface area contributed by atoms with Crippen molar-refractivity contribution in [3.8, 4) is 12.3 Å². The minimum Gasteiger partial charge on any atom is -0.480 e. The molecular weight excluding hydrogens is 254 g/mol. The molecule has 1 atom stereocenters. The summed E-state index contributed by atoms with van der Waals surface area (Å²) in [5.74, 6) is 0.822. The number of terminal acetylenes is 1. The number of aryl methyl sites for hydroxylation is 1. The summed E-state index contributed by atoms with van der Waals surface area (Å²) in [7, 11) is -3.87. The van der Waals surface area contributed by atoms with Crippen molar-refractivity contribution in [1.82, 2.24) is 4.72 Å². The molecule has 0 radical (unpaired) electrons. The summed E-state index contributed by atoms with van der Waals surface area (Å²) < 4.78 is 25.8. The van der Waals surface area contributed by atoms with Crippen LogP contribution >= 0.6 is 0 Å². The fraction of sp³-hybridized carbons (Fsp3) is 0.250. The van der Waals surface area contributed by atoms with Crippen molar-refractivity contribution in [1.29, 1.82) is 0 Å². The van der Waals surface area contributed by atoms with Crippen LogP contribution in [0, 0.1) is 19.3 Å². The van der Waals surface area contributed by atoms with Crippen molar-refractivity contribution in [2.45, 2.75) is 24.3 Å². The topological polar surface area (TPSA) is 83.5 Å². The number of sulfonamides is 1. The number of benzene rings is 1. The molecule has 6 heteroatoms. The Morgan fingerprint density at radius 3 is 2.44 bits per heavy atom. The molecule has 0 aliphatic rings. The second-order valence-electron chi connectivity index (χ2n) is 3.73. The zero-order valence-corrected chi connectivity index (χ0v) is 10.6. The summed E-state index contributed by atoms with van der Waals surface area (Å²) in [5, 5.41) is 8.84. The van der Waals surface area contributed by atoms with Gasteiger partial charge in [-0.1, -0.05) is 17.7 Å². The molecule has 0 saturated carbocycles. The first-order valence-corrected chi connectivity index (χ1v) is 6.60. The predicted octanol–water partition coefficient (Wildman–Crippen LogP) is 0.750. The second-order valence-corrected chi connectivity index (χ2v) is 5.45. The maximum absolute atomic E-state index is 11.9. The lowest BCUT2D eigenvalue weighted by molar-refractivity contribution is -0.138. The van der Waals surface area contributed by atoms with E-state index in [1.165, 1.54) is 12.1 Å². The van der Waals surface area contributed by atoms with Gasteiger partial charge in [0, 0.05) is 6.42 Å². The van der Waals surface area contributed by atoms with Crippen molar-refractivity contribution in [2.24, 2.45) is 0 Å². The number of nitrogens with one attached hydrogen (secondary N) is 1. The van der Waals surface area contributed by atoms with E-state index in [0.717, 1.165) is 5.56 Å². The first-order valence-electron chi connectivity index (χ1n) is 5.12. The molecular formula is C12H13NO4S. The van der Waals surface area contributed by atoms with Gasteiger partial charge in [-0.2, -0.15) is 4.72 Å². The summed E-state index contributed by atoms with van der Waals surface area (Å²) in [4.78, 5) is 10.8. The predicted molar refractivity (Wildman–Crippen MR) is 66.4 cm³/mol. The lowest BCUT2D eigenvalue weighted by Gasteiger charge is -2.12. The third kappa shape index (κ3) is 3.58. The Morgan fingerprint density at radius 2 is 2.00 bits per heavy atom. The van der Waals surface area contributed by atoms with Crippen LogP contribution < -0.4 is 4.72 Å². The van der Waals surface area contributed by atoms with E-state index in [1.807, 2.05) is 6.92 Å². The molecule has 1 aromatic rings. The van der Waals surface area contributed by atoms with Crippen LogP contribution in [-0.4, -0.2) is 25.5 Å². The summed E-state index contributed by atoms with van der Waals surface area (Å²) in [6, 6.07) is 4.76. The van der Waals surface area contributed by atoms with Crippen LogP contribution in [0.25, 0.3) is 0 Å². The van der Waals surface area contributed by atoms with Crippen LogP contribution in [0.5, 0.6) is 0 Å². The number of carboxylic acid groups (broad SMARTS) is 1. The lowest BCUT2D eigenvalue weighted by atomic mass is 10.2. The molecule has 0 saturated heterocycles. The highest BCUT2D eigenvalue weighted by Gasteiger charge is 2.24. The summed E-state index contributed by atoms with van der Waals surface area (Å²) in [6.45, 7) is 1.82. The first kappa shape index (κ1) is 14.2. The quantitative estimate of drug-likeness (QED) is 0.771. The number of rotatable bonds is 5. The van der Waals surface area contributed by atoms with E-state index in [9.17, 15) is 13.2 Å². The Bertz CT molecular complexity index is 569. The lowest BCUT2D eigenvalue weighted by Crippen LogP contribution is -2.40. The van der Waals surface area contributed by atoms with E-state index in [1.54, 1.807) is 12.1 Å². The van der Waals surface area contributed by atoms with E-state index < -0.39 is 22.0 Å². The third-order valence-corrected chi connectivity index (χ3v) is 3.74. The van der Waals surface area contributed by atoms with E-state index in [4.69, 9.17) is 11.5 Å². The minimum absolute atomic E-state index is 0.0105. The van der Waals surface area contributed by atoms with Crippen LogP contribution in [0.3, 0.4) is 0 Å². The number of aliphatic carboxylic acids is 1. The Kier molecular flexibility index (Phi) is 4.48. The van der Waals surface area contributed by atoms with Gasteiger partial charge in [0.25, 0.3) is 0 Å². The maximum atomic E-state index is 11.9. The van der Waals surface area contributed by atoms with E-state index in [2.05, 4.69) is 10.6 Å². The van der Waals surface area contributed by atoms with Crippen LogP contribution in [-0.2, 0) is 14.8 Å². The monoisotopic (exact) mass is 267 g/mol. The van der Waals surface area contributed by atoms with Crippen LogP contribution in [0.1, 0.15) is 12.0 Å². The van der Waals surface area contributed by atoms with Crippen molar-refractivity contribution in [3.63, 3.8) is 0 Å². The van der Waals surface area contributed by atoms with Gasteiger partial charge >= 0.3 is 5.97 Å². The standard InChI is InChI=1S/C12H13NO4S/c1-3-4-11(12(14)15)13-18(16,17)10-7-5-9(2)6-8-10/h1,5-8,11,13H,4H2,2H3,(H,14,15). The van der Waals surface area contributed by atoms with Gasteiger partial charge in [0.1, 0.15) is 6.04 Å². The van der Waals surface area contributed by atoms with Crippen LogP contribution in [0.2, 0.25) is 0 Å². The fourth-order valence-electron chi connectivity index (χ4n) is 1.27. The number of hydrogen-bond donors (Lipinski definition) is 2. The molecule has 96 valence electrons. The molecule has 2 N–H and O–H groups in total. The second kappa shape index (κ2) is 5.67. The Labute approximate surface area is 106 Å². The van der Waals surface area contributed by atoms with Gasteiger partial charge in [0.15, 0.2) is 0 Å². The van der Waals surface area contributed by atoms with Crippen LogP contribution in [0.4, 0.5) is 0 Å². The van der Waals surface area contributed by atoms with E-state index >= 15 is 0 Å². The van der Waals surface area contributed by atoms with Gasteiger partial charge in [-0.3, -0.25) is 4.79 Å². The molecule has 0 aliphatic carbocycles. The van der Waals surface area contributed by atoms with Gasteiger partial charge in [-0.05, 0) is 19.1 Å². The molecule has 0 aliphatic heterocycles. The molecule has 0 heterocycles. The highest BCUT2D eigenvalue weighted by molar-refractivity contribution is 7.89. The molecule has 5 nitrogen and oxygen atoms in total. The van der Waals surface area contributed by atoms with Crippen molar-refractivity contribution in [3.05, 3.63) is 29.8 Å². The van der Waals surface area contributed by atoms with Gasteiger partial charge in [-0.25, -0.2) is 8.42 Å². The SMILES string of the molecule is C#CCC(NS(=O)(=O)c1ccc(C)cc1)C(=O)O. The third-order valence-electron chi connectivity index (χ3n) is 2.25. The Balaban J connectivity index is 2.97. The Hall–Kier alpha value is -1.84.